The van der Waals surface area contributed by atoms with Crippen LogP contribution in [-0.4, -0.2) is 22.7 Å². The molecule has 0 bridgehead atoms. The largest absolute Gasteiger partial charge is 0.510 e. The van der Waals surface area contributed by atoms with Crippen LogP contribution >= 0.6 is 0 Å². The molecule has 0 spiro atoms. The molecule has 0 unspecified atom stereocenters. The minimum atomic E-state index is -0.488. The molecule has 0 saturated heterocycles. The van der Waals surface area contributed by atoms with E-state index in [2.05, 4.69) is 5.32 Å². The third-order valence-electron chi connectivity index (χ3n) is 1.67. The molecule has 0 radical (unpaired) electrons. The predicted molar refractivity (Wildman–Crippen MR) is 44.9 cm³/mol. The molecule has 0 aromatic heterocycles. The second-order valence-electron chi connectivity index (χ2n) is 2.50. The molecule has 1 amide bonds. The molecule has 0 aromatic rings. The van der Waals surface area contributed by atoms with Gasteiger partial charge in [-0.3, -0.25) is 10.2 Å². The van der Waals surface area contributed by atoms with Crippen LogP contribution in [0.4, 0.5) is 0 Å². The average Bonchev–Trinajstić information content (AvgIpc) is 2.17. The van der Waals surface area contributed by atoms with E-state index in [9.17, 15) is 9.90 Å². The van der Waals surface area contributed by atoms with Crippen LogP contribution < -0.4 is 16.6 Å². The fourth-order valence-corrected chi connectivity index (χ4v) is 0.966. The summed E-state index contributed by atoms with van der Waals surface area (Å²) in [5.74, 6) is 4.44. The van der Waals surface area contributed by atoms with Crippen LogP contribution in [0.1, 0.15) is 6.42 Å². The maximum atomic E-state index is 11.0. The van der Waals surface area contributed by atoms with E-state index in [0.29, 0.717) is 0 Å². The summed E-state index contributed by atoms with van der Waals surface area (Å²) in [6.45, 7) is -0.346. The van der Waals surface area contributed by atoms with Gasteiger partial charge < -0.3 is 15.5 Å². The summed E-state index contributed by atoms with van der Waals surface area (Å²) < 4.78 is 0. The van der Waals surface area contributed by atoms with Crippen molar-refractivity contribution in [2.75, 3.05) is 6.61 Å². The number of hydrogen-bond donors (Lipinski definition) is 5. The number of rotatable bonds is 2. The lowest BCUT2D eigenvalue weighted by atomic mass is 10.1. The Bertz CT molecular complexity index is 283. The van der Waals surface area contributed by atoms with E-state index in [1.54, 1.807) is 0 Å². The lowest BCUT2D eigenvalue weighted by Crippen LogP contribution is -2.37. The first-order chi connectivity index (χ1) is 6.19. The molecule has 0 aliphatic carbocycles. The number of carbonyl (C=O) groups is 1. The number of allylic oxidation sites excluding steroid dienone is 1. The van der Waals surface area contributed by atoms with E-state index in [0.717, 1.165) is 0 Å². The summed E-state index contributed by atoms with van der Waals surface area (Å²) in [6, 6.07) is 0. The third-order valence-corrected chi connectivity index (χ3v) is 1.67. The number of nitrogens with two attached hydrogens (primary N) is 1. The number of hydrazine groups is 1. The van der Waals surface area contributed by atoms with Gasteiger partial charge in [-0.05, 0) is 6.08 Å². The van der Waals surface area contributed by atoms with Gasteiger partial charge in [0, 0.05) is 6.42 Å². The van der Waals surface area contributed by atoms with Gasteiger partial charge in [-0.15, -0.1) is 0 Å². The summed E-state index contributed by atoms with van der Waals surface area (Å²) in [4.78, 5) is 11.0. The topological polar surface area (TPSA) is 108 Å². The highest BCUT2D eigenvalue weighted by atomic mass is 16.3. The van der Waals surface area contributed by atoms with Gasteiger partial charge in [-0.1, -0.05) is 0 Å². The zero-order chi connectivity index (χ0) is 9.84. The Labute approximate surface area is 74.7 Å². The van der Waals surface area contributed by atoms with Gasteiger partial charge >= 0.3 is 0 Å². The van der Waals surface area contributed by atoms with Crippen molar-refractivity contribution in [2.45, 2.75) is 6.42 Å². The lowest BCUT2D eigenvalue weighted by Gasteiger charge is -2.17. The average molecular weight is 185 g/mol. The molecule has 6 heteroatoms. The van der Waals surface area contributed by atoms with E-state index in [-0.39, 0.29) is 30.2 Å². The zero-order valence-electron chi connectivity index (χ0n) is 6.87. The SMILES string of the molecule is NNC(=O)C1=CCC(O)=C(CO)N1. The predicted octanol–water partition coefficient (Wildman–Crippen LogP) is -1.38. The van der Waals surface area contributed by atoms with Gasteiger partial charge in [0.2, 0.25) is 0 Å². The third kappa shape index (κ3) is 1.98. The summed E-state index contributed by atoms with van der Waals surface area (Å²) in [5.41, 5.74) is 2.39. The molecule has 1 aliphatic rings. The van der Waals surface area contributed by atoms with Gasteiger partial charge in [0.25, 0.3) is 5.91 Å². The number of aliphatic hydroxyl groups is 2. The number of hydrogen-bond acceptors (Lipinski definition) is 5. The smallest absolute Gasteiger partial charge is 0.281 e. The number of carbonyl (C=O) groups excluding carboxylic acids is 1. The standard InChI is InChI=1S/C7H11N3O3/c8-10-7(13)4-1-2-6(12)5(3-11)9-4/h1,9,11-12H,2-3,8H2,(H,10,13). The quantitative estimate of drug-likeness (QED) is 0.207. The Hall–Kier alpha value is -1.53. The minimum absolute atomic E-state index is 0.0241. The first kappa shape index (κ1) is 9.56. The molecule has 0 fully saturated rings. The van der Waals surface area contributed by atoms with Crippen LogP contribution in [0, 0.1) is 0 Å². The van der Waals surface area contributed by atoms with E-state index >= 15 is 0 Å². The van der Waals surface area contributed by atoms with Crippen LogP contribution in [-0.2, 0) is 4.79 Å². The number of dihydropyridines is 1. The molecule has 6 N–H and O–H groups in total. The van der Waals surface area contributed by atoms with Crippen molar-refractivity contribution >= 4 is 5.91 Å². The molecule has 72 valence electrons. The summed E-state index contributed by atoms with van der Waals surface area (Å²) >= 11 is 0. The summed E-state index contributed by atoms with van der Waals surface area (Å²) in [5, 5.41) is 20.5. The highest BCUT2D eigenvalue weighted by molar-refractivity contribution is 5.92. The molecular formula is C7H11N3O3. The number of amides is 1. The molecular weight excluding hydrogens is 174 g/mol. The van der Waals surface area contributed by atoms with Gasteiger partial charge in [0.15, 0.2) is 0 Å². The van der Waals surface area contributed by atoms with Crippen LogP contribution in [0.2, 0.25) is 0 Å². The van der Waals surface area contributed by atoms with Crippen LogP contribution in [0.25, 0.3) is 0 Å². The Morgan fingerprint density at radius 2 is 2.46 bits per heavy atom. The van der Waals surface area contributed by atoms with Crippen molar-refractivity contribution in [1.29, 1.82) is 0 Å². The van der Waals surface area contributed by atoms with Crippen LogP contribution in [0.3, 0.4) is 0 Å². The molecule has 1 heterocycles. The maximum absolute atomic E-state index is 11.0. The second kappa shape index (κ2) is 3.92. The first-order valence-corrected chi connectivity index (χ1v) is 3.69. The van der Waals surface area contributed by atoms with Crippen molar-refractivity contribution in [3.8, 4) is 0 Å². The van der Waals surface area contributed by atoms with Crippen LogP contribution in [0.15, 0.2) is 23.2 Å². The number of nitrogens with one attached hydrogen (secondary N) is 2. The Morgan fingerprint density at radius 1 is 1.77 bits per heavy atom. The molecule has 1 rings (SSSR count). The van der Waals surface area contributed by atoms with Gasteiger partial charge in [-0.25, -0.2) is 5.84 Å². The van der Waals surface area contributed by atoms with Gasteiger partial charge in [0.05, 0.1) is 12.3 Å². The fraction of sp³-hybridized carbons (Fsp3) is 0.286. The highest BCUT2D eigenvalue weighted by Crippen LogP contribution is 2.12. The maximum Gasteiger partial charge on any atom is 0.281 e. The second-order valence-corrected chi connectivity index (χ2v) is 2.50. The molecule has 1 aliphatic heterocycles. The van der Waals surface area contributed by atoms with Crippen molar-refractivity contribution in [3.05, 3.63) is 23.2 Å². The van der Waals surface area contributed by atoms with E-state index < -0.39 is 5.91 Å². The number of aliphatic hydroxyl groups excluding tert-OH is 2. The van der Waals surface area contributed by atoms with Gasteiger partial charge in [-0.2, -0.15) is 0 Å². The van der Waals surface area contributed by atoms with Crippen molar-refractivity contribution < 1.29 is 15.0 Å². The van der Waals surface area contributed by atoms with Gasteiger partial charge in [0.1, 0.15) is 11.5 Å². The fourth-order valence-electron chi connectivity index (χ4n) is 0.966. The minimum Gasteiger partial charge on any atom is -0.510 e. The molecule has 0 aromatic carbocycles. The molecule has 0 atom stereocenters. The Kier molecular flexibility index (Phi) is 2.88. The molecule has 6 nitrogen and oxygen atoms in total. The van der Waals surface area contributed by atoms with Crippen molar-refractivity contribution in [1.82, 2.24) is 10.7 Å². The van der Waals surface area contributed by atoms with E-state index in [4.69, 9.17) is 10.9 Å². The van der Waals surface area contributed by atoms with Crippen LogP contribution in [0.5, 0.6) is 0 Å². The monoisotopic (exact) mass is 185 g/mol. The van der Waals surface area contributed by atoms with Crippen molar-refractivity contribution in [2.24, 2.45) is 5.84 Å². The van der Waals surface area contributed by atoms with E-state index in [1.165, 1.54) is 6.08 Å². The molecule has 0 saturated carbocycles. The zero-order valence-corrected chi connectivity index (χ0v) is 6.87. The Balaban J connectivity index is 2.72. The summed E-state index contributed by atoms with van der Waals surface area (Å²) in [6.07, 6.45) is 1.70. The molecule has 13 heavy (non-hydrogen) atoms. The van der Waals surface area contributed by atoms with E-state index in [1.807, 2.05) is 5.43 Å². The first-order valence-electron chi connectivity index (χ1n) is 3.69. The summed E-state index contributed by atoms with van der Waals surface area (Å²) in [7, 11) is 0. The Morgan fingerprint density at radius 3 is 3.00 bits per heavy atom. The lowest BCUT2D eigenvalue weighted by molar-refractivity contribution is -0.117. The van der Waals surface area contributed by atoms with Crippen molar-refractivity contribution in [3.63, 3.8) is 0 Å². The highest BCUT2D eigenvalue weighted by Gasteiger charge is 2.16. The normalized spacial score (nSPS) is 16.3.